The second kappa shape index (κ2) is 6.00. The predicted octanol–water partition coefficient (Wildman–Crippen LogP) is 2.69. The highest BCUT2D eigenvalue weighted by Crippen LogP contribution is 2.22. The van der Waals surface area contributed by atoms with Gasteiger partial charge in [0.15, 0.2) is 0 Å². The number of hydrogen-bond acceptors (Lipinski definition) is 2. The molecule has 2 rings (SSSR count). The largest absolute Gasteiger partial charge is 0.349 e. The van der Waals surface area contributed by atoms with E-state index in [2.05, 4.69) is 30.7 Å². The van der Waals surface area contributed by atoms with E-state index in [0.29, 0.717) is 12.1 Å². The van der Waals surface area contributed by atoms with Gasteiger partial charge < -0.3 is 15.6 Å². The van der Waals surface area contributed by atoms with Gasteiger partial charge in [-0.05, 0) is 59.4 Å². The molecule has 0 radical (unpaired) electrons. The summed E-state index contributed by atoms with van der Waals surface area (Å²) in [5.74, 6) is 0.0606. The molecule has 0 spiro atoms. The molecular formula is C16H27N3O. The average molecular weight is 277 g/mol. The van der Waals surface area contributed by atoms with Crippen molar-refractivity contribution in [2.45, 2.75) is 71.5 Å². The number of nitrogens with two attached hydrogens (primary N) is 1. The number of hydrogen-bond donors (Lipinski definition) is 2. The molecule has 1 heterocycles. The van der Waals surface area contributed by atoms with E-state index < -0.39 is 0 Å². The van der Waals surface area contributed by atoms with E-state index in [9.17, 15) is 4.79 Å². The van der Waals surface area contributed by atoms with Crippen LogP contribution in [0, 0.1) is 13.8 Å². The van der Waals surface area contributed by atoms with E-state index in [1.54, 1.807) is 0 Å². The zero-order valence-corrected chi connectivity index (χ0v) is 13.1. The maximum absolute atomic E-state index is 12.4. The van der Waals surface area contributed by atoms with E-state index in [1.165, 1.54) is 0 Å². The summed E-state index contributed by atoms with van der Waals surface area (Å²) < 4.78 is 2.21. The van der Waals surface area contributed by atoms with E-state index in [4.69, 9.17) is 5.73 Å². The standard InChI is InChI=1S/C16H27N3O/c1-10(2)19-11(3)9-15(12(19)4)16(20)18-14-7-5-13(17)6-8-14/h9-10,13-14H,5-8,17H2,1-4H3,(H,18,20). The van der Waals surface area contributed by atoms with Gasteiger partial charge in [-0.1, -0.05) is 0 Å². The molecular weight excluding hydrogens is 250 g/mol. The number of nitrogens with zero attached hydrogens (tertiary/aromatic N) is 1. The van der Waals surface area contributed by atoms with Gasteiger partial charge in [0.2, 0.25) is 0 Å². The van der Waals surface area contributed by atoms with Gasteiger partial charge in [0.05, 0.1) is 5.56 Å². The lowest BCUT2D eigenvalue weighted by Crippen LogP contribution is -2.40. The van der Waals surface area contributed by atoms with Gasteiger partial charge >= 0.3 is 0 Å². The Bertz CT molecular complexity index is 482. The third-order valence-electron chi connectivity index (χ3n) is 4.35. The fourth-order valence-electron chi connectivity index (χ4n) is 3.33. The molecule has 0 aliphatic heterocycles. The smallest absolute Gasteiger partial charge is 0.253 e. The summed E-state index contributed by atoms with van der Waals surface area (Å²) in [5, 5.41) is 3.17. The summed E-state index contributed by atoms with van der Waals surface area (Å²) in [4.78, 5) is 12.4. The summed E-state index contributed by atoms with van der Waals surface area (Å²) >= 11 is 0. The van der Waals surface area contributed by atoms with Crippen LogP contribution in [0.4, 0.5) is 0 Å². The van der Waals surface area contributed by atoms with Gasteiger partial charge in [-0.15, -0.1) is 0 Å². The van der Waals surface area contributed by atoms with Crippen LogP contribution in [0.15, 0.2) is 6.07 Å². The topological polar surface area (TPSA) is 60.1 Å². The van der Waals surface area contributed by atoms with E-state index in [-0.39, 0.29) is 11.9 Å². The Balaban J connectivity index is 2.08. The van der Waals surface area contributed by atoms with Gasteiger partial charge in [0, 0.05) is 29.5 Å². The number of nitrogens with one attached hydrogen (secondary N) is 1. The van der Waals surface area contributed by atoms with Crippen LogP contribution in [0.25, 0.3) is 0 Å². The Morgan fingerprint density at radius 3 is 2.40 bits per heavy atom. The minimum Gasteiger partial charge on any atom is -0.349 e. The highest BCUT2D eigenvalue weighted by molar-refractivity contribution is 5.95. The number of aromatic nitrogens is 1. The van der Waals surface area contributed by atoms with Crippen molar-refractivity contribution in [3.63, 3.8) is 0 Å². The molecule has 0 aromatic carbocycles. The molecule has 1 aromatic rings. The van der Waals surface area contributed by atoms with Crippen LogP contribution < -0.4 is 11.1 Å². The molecule has 1 aromatic heterocycles. The number of amides is 1. The van der Waals surface area contributed by atoms with Crippen LogP contribution in [0.1, 0.15) is 67.3 Å². The number of carbonyl (C=O) groups excluding carboxylic acids is 1. The molecule has 3 N–H and O–H groups in total. The lowest BCUT2D eigenvalue weighted by Gasteiger charge is -2.26. The Morgan fingerprint density at radius 1 is 1.30 bits per heavy atom. The highest BCUT2D eigenvalue weighted by Gasteiger charge is 2.23. The van der Waals surface area contributed by atoms with E-state index in [1.807, 2.05) is 13.0 Å². The zero-order valence-electron chi connectivity index (χ0n) is 13.1. The SMILES string of the molecule is Cc1cc(C(=O)NC2CCC(N)CC2)c(C)n1C(C)C. The van der Waals surface area contributed by atoms with Crippen LogP contribution >= 0.6 is 0 Å². The fraction of sp³-hybridized carbons (Fsp3) is 0.688. The summed E-state index contributed by atoms with van der Waals surface area (Å²) in [6.07, 6.45) is 4.01. The lowest BCUT2D eigenvalue weighted by atomic mass is 9.91. The minimum atomic E-state index is 0.0606. The molecule has 1 aliphatic rings. The summed E-state index contributed by atoms with van der Waals surface area (Å²) in [7, 11) is 0. The summed E-state index contributed by atoms with van der Waals surface area (Å²) in [5.41, 5.74) is 8.92. The normalized spacial score (nSPS) is 23.1. The summed E-state index contributed by atoms with van der Waals surface area (Å²) in [6.45, 7) is 8.37. The van der Waals surface area contributed by atoms with Gasteiger partial charge in [0.25, 0.3) is 5.91 Å². The Labute approximate surface area is 121 Å². The molecule has 20 heavy (non-hydrogen) atoms. The first-order chi connectivity index (χ1) is 9.40. The molecule has 1 aliphatic carbocycles. The second-order valence-electron chi connectivity index (χ2n) is 6.33. The van der Waals surface area contributed by atoms with Crippen molar-refractivity contribution < 1.29 is 4.79 Å². The molecule has 1 fully saturated rings. The Hall–Kier alpha value is -1.29. The molecule has 1 saturated carbocycles. The fourth-order valence-corrected chi connectivity index (χ4v) is 3.33. The zero-order chi connectivity index (χ0) is 14.9. The Morgan fingerprint density at radius 2 is 1.90 bits per heavy atom. The quantitative estimate of drug-likeness (QED) is 0.892. The van der Waals surface area contributed by atoms with Crippen LogP contribution in [-0.4, -0.2) is 22.6 Å². The maximum Gasteiger partial charge on any atom is 0.253 e. The molecule has 112 valence electrons. The van der Waals surface area contributed by atoms with E-state index >= 15 is 0 Å². The third-order valence-corrected chi connectivity index (χ3v) is 4.35. The minimum absolute atomic E-state index is 0.0606. The van der Waals surface area contributed by atoms with Crippen molar-refractivity contribution in [1.29, 1.82) is 0 Å². The first-order valence-electron chi connectivity index (χ1n) is 7.65. The van der Waals surface area contributed by atoms with E-state index in [0.717, 1.165) is 42.6 Å². The van der Waals surface area contributed by atoms with Crippen molar-refractivity contribution >= 4 is 5.91 Å². The van der Waals surface area contributed by atoms with Gasteiger partial charge in [-0.3, -0.25) is 4.79 Å². The van der Waals surface area contributed by atoms with Crippen LogP contribution in [0.5, 0.6) is 0 Å². The van der Waals surface area contributed by atoms with Gasteiger partial charge in [-0.2, -0.15) is 0 Å². The molecule has 0 saturated heterocycles. The van der Waals surface area contributed by atoms with Crippen LogP contribution in [0.2, 0.25) is 0 Å². The van der Waals surface area contributed by atoms with Crippen LogP contribution in [-0.2, 0) is 0 Å². The number of carbonyl (C=O) groups is 1. The number of aryl methyl sites for hydroxylation is 1. The predicted molar refractivity (Wildman–Crippen MR) is 82.0 cm³/mol. The molecule has 0 bridgehead atoms. The monoisotopic (exact) mass is 277 g/mol. The molecule has 1 amide bonds. The number of rotatable bonds is 3. The van der Waals surface area contributed by atoms with Gasteiger partial charge in [-0.25, -0.2) is 0 Å². The maximum atomic E-state index is 12.4. The van der Waals surface area contributed by atoms with Crippen molar-refractivity contribution in [3.05, 3.63) is 23.0 Å². The third kappa shape index (κ3) is 3.06. The van der Waals surface area contributed by atoms with Crippen molar-refractivity contribution in [3.8, 4) is 0 Å². The molecule has 0 unspecified atom stereocenters. The first-order valence-corrected chi connectivity index (χ1v) is 7.65. The van der Waals surface area contributed by atoms with Crippen molar-refractivity contribution in [2.24, 2.45) is 5.73 Å². The van der Waals surface area contributed by atoms with Gasteiger partial charge in [0.1, 0.15) is 0 Å². The highest BCUT2D eigenvalue weighted by atomic mass is 16.1. The van der Waals surface area contributed by atoms with Crippen LogP contribution in [0.3, 0.4) is 0 Å². The lowest BCUT2D eigenvalue weighted by molar-refractivity contribution is 0.0925. The van der Waals surface area contributed by atoms with Crippen molar-refractivity contribution in [2.75, 3.05) is 0 Å². The molecule has 4 nitrogen and oxygen atoms in total. The second-order valence-corrected chi connectivity index (χ2v) is 6.33. The molecule has 0 atom stereocenters. The average Bonchev–Trinajstić information content (AvgIpc) is 2.67. The Kier molecular flexibility index (Phi) is 4.53. The summed E-state index contributed by atoms with van der Waals surface area (Å²) in [6, 6.07) is 2.97. The first kappa shape index (κ1) is 15.1. The van der Waals surface area contributed by atoms with Crippen molar-refractivity contribution in [1.82, 2.24) is 9.88 Å². The molecule has 4 heteroatoms.